The first-order chi connectivity index (χ1) is 13.6. The van der Waals surface area contributed by atoms with Crippen molar-refractivity contribution < 1.29 is 19.5 Å². The minimum absolute atomic E-state index is 0.157. The van der Waals surface area contributed by atoms with Crippen molar-refractivity contribution in [3.05, 3.63) is 36.8 Å². The fraction of sp³-hybridized carbons (Fsp3) is 0.316. The average molecular weight is 383 g/mol. The molecule has 0 radical (unpaired) electrons. The molecule has 1 fully saturated rings. The third-order valence-electron chi connectivity index (χ3n) is 5.04. The van der Waals surface area contributed by atoms with Gasteiger partial charge in [0.25, 0.3) is 0 Å². The van der Waals surface area contributed by atoms with Crippen LogP contribution < -0.4 is 10.5 Å². The van der Waals surface area contributed by atoms with Crippen LogP contribution in [-0.2, 0) is 4.84 Å². The molecule has 0 atom stereocenters. The molecule has 2 aromatic heterocycles. The van der Waals surface area contributed by atoms with E-state index in [1.165, 1.54) is 11.4 Å². The van der Waals surface area contributed by atoms with Crippen LogP contribution in [0.3, 0.4) is 0 Å². The lowest BCUT2D eigenvalue weighted by Gasteiger charge is -2.30. The van der Waals surface area contributed by atoms with Crippen LogP contribution in [-0.4, -0.2) is 51.1 Å². The van der Waals surface area contributed by atoms with Gasteiger partial charge in [0.2, 0.25) is 0 Å². The average Bonchev–Trinajstić information content (AvgIpc) is 3.09. The lowest BCUT2D eigenvalue weighted by molar-refractivity contribution is -0.134. The van der Waals surface area contributed by atoms with Crippen LogP contribution in [0.1, 0.15) is 18.9 Å². The Kier molecular flexibility index (Phi) is 4.74. The van der Waals surface area contributed by atoms with Crippen molar-refractivity contribution in [2.24, 2.45) is 0 Å². The number of carbonyl (C=O) groups is 1. The van der Waals surface area contributed by atoms with Crippen molar-refractivity contribution in [2.45, 2.75) is 18.9 Å². The summed E-state index contributed by atoms with van der Waals surface area (Å²) in [7, 11) is 1.63. The molecule has 0 saturated carbocycles. The summed E-state index contributed by atoms with van der Waals surface area (Å²) in [6, 6.07) is 7.93. The van der Waals surface area contributed by atoms with Gasteiger partial charge in [0.1, 0.15) is 23.5 Å². The maximum atomic E-state index is 10.7. The Hall–Kier alpha value is -3.33. The molecule has 9 nitrogen and oxygen atoms in total. The Morgan fingerprint density at radius 2 is 2.07 bits per heavy atom. The molecule has 1 aliphatic heterocycles. The number of methoxy groups -OCH3 is 1. The highest BCUT2D eigenvalue weighted by Gasteiger charge is 2.26. The highest BCUT2D eigenvalue weighted by molar-refractivity contribution is 6.00. The fourth-order valence-corrected chi connectivity index (χ4v) is 3.72. The molecule has 3 heterocycles. The molecule has 4 rings (SSSR count). The molecular formula is C19H21N5O4. The number of fused-ring (bicyclic) bond motifs is 1. The van der Waals surface area contributed by atoms with Crippen LogP contribution in [0.5, 0.6) is 5.75 Å². The third kappa shape index (κ3) is 3.31. The van der Waals surface area contributed by atoms with Gasteiger partial charge in [-0.25, -0.2) is 14.8 Å². The minimum atomic E-state index is -1.29. The highest BCUT2D eigenvalue weighted by atomic mass is 16.8. The SMILES string of the molecule is COc1cccc(-c2cn(C3CCN(OC(=O)O)CC3)c3ncnc(N)c23)c1. The molecule has 1 aromatic carbocycles. The van der Waals surface area contributed by atoms with Crippen molar-refractivity contribution in [3.8, 4) is 16.9 Å². The van der Waals surface area contributed by atoms with Gasteiger partial charge < -0.3 is 25.0 Å². The normalized spacial score (nSPS) is 15.6. The van der Waals surface area contributed by atoms with Crippen LogP contribution in [0.15, 0.2) is 36.8 Å². The molecule has 3 aromatic rings. The molecule has 0 bridgehead atoms. The molecule has 0 aliphatic carbocycles. The smallest absolute Gasteiger partial charge is 0.497 e. The quantitative estimate of drug-likeness (QED) is 0.706. The minimum Gasteiger partial charge on any atom is -0.497 e. The number of nitrogens with zero attached hydrogens (tertiary/aromatic N) is 4. The summed E-state index contributed by atoms with van der Waals surface area (Å²) in [5.41, 5.74) is 8.87. The predicted octanol–water partition coefficient (Wildman–Crippen LogP) is 2.94. The van der Waals surface area contributed by atoms with Crippen LogP contribution in [0.2, 0.25) is 0 Å². The van der Waals surface area contributed by atoms with Gasteiger partial charge in [0.05, 0.1) is 12.5 Å². The number of hydroxylamine groups is 2. The molecule has 1 aliphatic rings. The predicted molar refractivity (Wildman–Crippen MR) is 103 cm³/mol. The van der Waals surface area contributed by atoms with E-state index < -0.39 is 6.16 Å². The molecule has 0 amide bonds. The second kappa shape index (κ2) is 7.35. The number of ether oxygens (including phenoxy) is 1. The number of hydrogen-bond donors (Lipinski definition) is 2. The Labute approximate surface area is 161 Å². The van der Waals surface area contributed by atoms with Gasteiger partial charge in [-0.1, -0.05) is 12.1 Å². The van der Waals surface area contributed by atoms with E-state index in [-0.39, 0.29) is 6.04 Å². The topological polar surface area (TPSA) is 116 Å². The number of piperidine rings is 1. The van der Waals surface area contributed by atoms with Crippen LogP contribution in [0, 0.1) is 0 Å². The van der Waals surface area contributed by atoms with E-state index in [4.69, 9.17) is 20.4 Å². The Morgan fingerprint density at radius 3 is 2.79 bits per heavy atom. The van der Waals surface area contributed by atoms with Crippen molar-refractivity contribution >= 4 is 23.0 Å². The van der Waals surface area contributed by atoms with Gasteiger partial charge in [0.15, 0.2) is 0 Å². The van der Waals surface area contributed by atoms with E-state index in [0.717, 1.165) is 40.8 Å². The van der Waals surface area contributed by atoms with Gasteiger partial charge in [0, 0.05) is 30.9 Å². The molecule has 1 saturated heterocycles. The van der Waals surface area contributed by atoms with E-state index in [1.54, 1.807) is 7.11 Å². The number of hydrogen-bond acceptors (Lipinski definition) is 7. The van der Waals surface area contributed by atoms with Crippen molar-refractivity contribution in [1.29, 1.82) is 0 Å². The molecule has 9 heteroatoms. The van der Waals surface area contributed by atoms with Crippen molar-refractivity contribution in [2.75, 3.05) is 25.9 Å². The zero-order valence-electron chi connectivity index (χ0n) is 15.4. The maximum Gasteiger partial charge on any atom is 0.525 e. The summed E-state index contributed by atoms with van der Waals surface area (Å²) in [5, 5.41) is 11.1. The number of rotatable bonds is 4. The standard InChI is InChI=1S/C19H21N5O4/c1-27-14-4-2-3-12(9-14)15-10-24(18-16(15)17(20)21-11-22-18)13-5-7-23(8-6-13)28-19(25)26/h2-4,9-11,13H,5-8H2,1H3,(H,25,26)(H2,20,21,22). The summed E-state index contributed by atoms with van der Waals surface area (Å²) in [6.45, 7) is 1.04. The number of anilines is 1. The van der Waals surface area contributed by atoms with E-state index in [2.05, 4.69) is 14.5 Å². The maximum absolute atomic E-state index is 10.7. The second-order valence-electron chi connectivity index (χ2n) is 6.66. The zero-order valence-corrected chi connectivity index (χ0v) is 15.4. The molecule has 0 spiro atoms. The van der Waals surface area contributed by atoms with Gasteiger partial charge in [-0.2, -0.15) is 0 Å². The highest BCUT2D eigenvalue weighted by Crippen LogP contribution is 2.37. The molecule has 146 valence electrons. The monoisotopic (exact) mass is 383 g/mol. The largest absolute Gasteiger partial charge is 0.525 e. The molecule has 3 N–H and O–H groups in total. The van der Waals surface area contributed by atoms with Crippen molar-refractivity contribution in [1.82, 2.24) is 19.6 Å². The summed E-state index contributed by atoms with van der Waals surface area (Å²) < 4.78 is 7.46. The van der Waals surface area contributed by atoms with E-state index in [1.807, 2.05) is 30.5 Å². The van der Waals surface area contributed by atoms with Crippen LogP contribution >= 0.6 is 0 Å². The van der Waals surface area contributed by atoms with E-state index in [0.29, 0.717) is 18.9 Å². The Balaban J connectivity index is 1.72. The van der Waals surface area contributed by atoms with Gasteiger partial charge in [-0.05, 0) is 30.5 Å². The number of nitrogen functional groups attached to an aromatic ring is 1. The first-order valence-corrected chi connectivity index (χ1v) is 8.98. The lowest BCUT2D eigenvalue weighted by Crippen LogP contribution is -2.36. The lowest BCUT2D eigenvalue weighted by atomic mass is 10.1. The Morgan fingerprint density at radius 1 is 1.29 bits per heavy atom. The summed E-state index contributed by atoms with van der Waals surface area (Å²) >= 11 is 0. The molecule has 0 unspecified atom stereocenters. The molecular weight excluding hydrogens is 362 g/mol. The van der Waals surface area contributed by atoms with Gasteiger partial charge in [-0.3, -0.25) is 0 Å². The summed E-state index contributed by atoms with van der Waals surface area (Å²) in [4.78, 5) is 24.1. The first kappa shape index (κ1) is 18.1. The second-order valence-corrected chi connectivity index (χ2v) is 6.66. The molecule has 28 heavy (non-hydrogen) atoms. The van der Waals surface area contributed by atoms with Crippen LogP contribution in [0.25, 0.3) is 22.2 Å². The number of benzene rings is 1. The van der Waals surface area contributed by atoms with Gasteiger partial charge >= 0.3 is 6.16 Å². The zero-order chi connectivity index (χ0) is 19.7. The number of aromatic nitrogens is 3. The van der Waals surface area contributed by atoms with Crippen LogP contribution in [0.4, 0.5) is 10.6 Å². The Bertz CT molecular complexity index is 1010. The summed E-state index contributed by atoms with van der Waals surface area (Å²) in [6.07, 6.45) is 3.69. The van der Waals surface area contributed by atoms with Crippen molar-refractivity contribution in [3.63, 3.8) is 0 Å². The fourth-order valence-electron chi connectivity index (χ4n) is 3.72. The number of carboxylic acid groups (broad SMARTS) is 1. The number of nitrogens with two attached hydrogens (primary N) is 1. The summed E-state index contributed by atoms with van der Waals surface area (Å²) in [5.74, 6) is 1.18. The van der Waals surface area contributed by atoms with E-state index >= 15 is 0 Å². The van der Waals surface area contributed by atoms with E-state index in [9.17, 15) is 4.79 Å². The first-order valence-electron chi connectivity index (χ1n) is 8.98. The third-order valence-corrected chi connectivity index (χ3v) is 5.04. The van der Waals surface area contributed by atoms with Gasteiger partial charge in [-0.15, -0.1) is 5.06 Å².